The first-order chi connectivity index (χ1) is 7.97. The monoisotopic (exact) mass is 244 g/mol. The number of methoxy groups -OCH3 is 1. The summed E-state index contributed by atoms with van der Waals surface area (Å²) in [5.41, 5.74) is -1.48. The minimum absolute atomic E-state index is 0.0314. The Morgan fingerprint density at radius 1 is 1.35 bits per heavy atom. The van der Waals surface area contributed by atoms with Gasteiger partial charge in [0.25, 0.3) is 0 Å². The number of allylic oxidation sites excluding steroid dienone is 1. The fourth-order valence-corrected chi connectivity index (χ4v) is 1.52. The maximum absolute atomic E-state index is 13.8. The second kappa shape index (κ2) is 8.02. The van der Waals surface area contributed by atoms with Gasteiger partial charge in [-0.2, -0.15) is 0 Å². The van der Waals surface area contributed by atoms with Crippen LogP contribution in [0.1, 0.15) is 52.4 Å². The molecule has 3 nitrogen and oxygen atoms in total. The van der Waals surface area contributed by atoms with Crippen LogP contribution < -0.4 is 0 Å². The molecule has 1 unspecified atom stereocenters. The molecule has 0 bridgehead atoms. The first kappa shape index (κ1) is 15.9. The second-order valence-electron chi connectivity index (χ2n) is 4.35. The van der Waals surface area contributed by atoms with Crippen LogP contribution in [-0.4, -0.2) is 24.7 Å². The van der Waals surface area contributed by atoms with Crippen LogP contribution in [0, 0.1) is 0 Å². The van der Waals surface area contributed by atoms with E-state index in [9.17, 15) is 14.0 Å². The highest BCUT2D eigenvalue weighted by atomic mass is 19.1. The van der Waals surface area contributed by atoms with Crippen LogP contribution in [0.25, 0.3) is 0 Å². The van der Waals surface area contributed by atoms with Crippen molar-refractivity contribution in [1.29, 1.82) is 0 Å². The summed E-state index contributed by atoms with van der Waals surface area (Å²) in [6.45, 7) is 3.24. The summed E-state index contributed by atoms with van der Waals surface area (Å²) >= 11 is 0. The molecule has 0 aliphatic rings. The summed E-state index contributed by atoms with van der Waals surface area (Å²) in [5, 5.41) is 0. The SMILES string of the molecule is CCCCCC(=C=O)CCC(C)(F)C(=O)OC. The largest absolute Gasteiger partial charge is 0.467 e. The van der Waals surface area contributed by atoms with Gasteiger partial charge in [0.15, 0.2) is 0 Å². The fraction of sp³-hybridized carbons (Fsp3) is 0.769. The van der Waals surface area contributed by atoms with Crippen LogP contribution in [0.4, 0.5) is 4.39 Å². The molecule has 0 N–H and O–H groups in total. The molecule has 0 saturated heterocycles. The van der Waals surface area contributed by atoms with E-state index in [1.807, 2.05) is 5.94 Å². The lowest BCUT2D eigenvalue weighted by molar-refractivity contribution is -0.153. The number of hydrogen-bond acceptors (Lipinski definition) is 3. The Bertz CT molecular complexity index is 291. The van der Waals surface area contributed by atoms with Gasteiger partial charge in [-0.25, -0.2) is 14.0 Å². The summed E-state index contributed by atoms with van der Waals surface area (Å²) < 4.78 is 18.1. The number of halogens is 1. The van der Waals surface area contributed by atoms with Gasteiger partial charge in [-0.05, 0) is 32.6 Å². The number of alkyl halides is 1. The van der Waals surface area contributed by atoms with Crippen molar-refractivity contribution < 1.29 is 18.7 Å². The molecular weight excluding hydrogens is 223 g/mol. The zero-order valence-corrected chi connectivity index (χ0v) is 10.8. The Labute approximate surface area is 102 Å². The van der Waals surface area contributed by atoms with E-state index in [4.69, 9.17) is 0 Å². The third-order valence-electron chi connectivity index (χ3n) is 2.73. The van der Waals surface area contributed by atoms with E-state index in [0.717, 1.165) is 26.4 Å². The summed E-state index contributed by atoms with van der Waals surface area (Å²) in [5.74, 6) is 0.946. The predicted octanol–water partition coefficient (Wildman–Crippen LogP) is 3.01. The molecule has 0 fully saturated rings. The van der Waals surface area contributed by atoms with Gasteiger partial charge in [-0.1, -0.05) is 19.8 Å². The van der Waals surface area contributed by atoms with Gasteiger partial charge in [-0.3, -0.25) is 0 Å². The molecule has 0 aromatic heterocycles. The minimum atomic E-state index is -2.03. The molecular formula is C13H21FO3. The molecule has 0 rings (SSSR count). The fourth-order valence-electron chi connectivity index (χ4n) is 1.52. The molecule has 1 atom stereocenters. The van der Waals surface area contributed by atoms with Gasteiger partial charge in [-0.15, -0.1) is 0 Å². The van der Waals surface area contributed by atoms with Gasteiger partial charge in [0.05, 0.1) is 7.11 Å². The van der Waals surface area contributed by atoms with E-state index in [1.54, 1.807) is 0 Å². The Kier molecular flexibility index (Phi) is 7.47. The Morgan fingerprint density at radius 3 is 2.47 bits per heavy atom. The highest BCUT2D eigenvalue weighted by Crippen LogP contribution is 2.23. The lowest BCUT2D eigenvalue weighted by atomic mass is 9.96. The topological polar surface area (TPSA) is 43.4 Å². The minimum Gasteiger partial charge on any atom is -0.467 e. The van der Waals surface area contributed by atoms with Crippen molar-refractivity contribution in [1.82, 2.24) is 0 Å². The number of rotatable bonds is 8. The van der Waals surface area contributed by atoms with Gasteiger partial charge in [0.1, 0.15) is 5.94 Å². The van der Waals surface area contributed by atoms with Crippen LogP contribution in [0.15, 0.2) is 5.57 Å². The predicted molar refractivity (Wildman–Crippen MR) is 64.1 cm³/mol. The average Bonchev–Trinajstić information content (AvgIpc) is 2.32. The van der Waals surface area contributed by atoms with Crippen molar-refractivity contribution in [2.24, 2.45) is 0 Å². The van der Waals surface area contributed by atoms with E-state index in [0.29, 0.717) is 12.0 Å². The second-order valence-corrected chi connectivity index (χ2v) is 4.35. The zero-order valence-electron chi connectivity index (χ0n) is 10.8. The number of esters is 1. The quantitative estimate of drug-likeness (QED) is 0.374. The molecule has 4 heteroatoms. The van der Waals surface area contributed by atoms with E-state index < -0.39 is 11.6 Å². The first-order valence-electron chi connectivity index (χ1n) is 5.98. The Balaban J connectivity index is 4.15. The molecule has 0 aromatic rings. The maximum atomic E-state index is 13.8. The van der Waals surface area contributed by atoms with Crippen LogP contribution in [-0.2, 0) is 14.3 Å². The van der Waals surface area contributed by atoms with Crippen molar-refractivity contribution in [2.45, 2.75) is 58.0 Å². The van der Waals surface area contributed by atoms with Crippen LogP contribution in [0.3, 0.4) is 0 Å². The molecule has 0 amide bonds. The van der Waals surface area contributed by atoms with Crippen LogP contribution >= 0.6 is 0 Å². The third-order valence-corrected chi connectivity index (χ3v) is 2.73. The summed E-state index contributed by atoms with van der Waals surface area (Å²) in [6.07, 6.45) is 3.87. The number of hydrogen-bond donors (Lipinski definition) is 0. The Hall–Kier alpha value is -1.15. The molecule has 0 aliphatic carbocycles. The summed E-state index contributed by atoms with van der Waals surface area (Å²) in [6, 6.07) is 0. The first-order valence-corrected chi connectivity index (χ1v) is 5.98. The van der Waals surface area contributed by atoms with Crippen molar-refractivity contribution in [3.63, 3.8) is 0 Å². The van der Waals surface area contributed by atoms with E-state index in [2.05, 4.69) is 11.7 Å². The smallest absolute Gasteiger partial charge is 0.343 e. The van der Waals surface area contributed by atoms with Crippen molar-refractivity contribution in [3.8, 4) is 0 Å². The van der Waals surface area contributed by atoms with E-state index in [-0.39, 0.29) is 12.8 Å². The third kappa shape index (κ3) is 6.22. The van der Waals surface area contributed by atoms with Crippen molar-refractivity contribution in [2.75, 3.05) is 7.11 Å². The number of ether oxygens (including phenoxy) is 1. The average molecular weight is 244 g/mol. The van der Waals surface area contributed by atoms with Crippen LogP contribution in [0.5, 0.6) is 0 Å². The van der Waals surface area contributed by atoms with Gasteiger partial charge >= 0.3 is 5.97 Å². The standard InChI is InChI=1S/C13H21FO3/c1-4-5-6-7-11(10-15)8-9-13(2,14)12(16)17-3/h4-9H2,1-3H3. The number of unbranched alkanes of at least 4 members (excludes halogenated alkanes) is 2. The lowest BCUT2D eigenvalue weighted by Gasteiger charge is -2.17. The molecule has 0 aliphatic heterocycles. The number of carbonyl (C=O) groups excluding carboxylic acids is 2. The maximum Gasteiger partial charge on any atom is 0.343 e. The van der Waals surface area contributed by atoms with Gasteiger partial charge in [0.2, 0.25) is 5.67 Å². The van der Waals surface area contributed by atoms with Crippen molar-refractivity contribution >= 4 is 11.9 Å². The van der Waals surface area contributed by atoms with E-state index >= 15 is 0 Å². The van der Waals surface area contributed by atoms with Crippen LogP contribution in [0.2, 0.25) is 0 Å². The van der Waals surface area contributed by atoms with Gasteiger partial charge < -0.3 is 4.74 Å². The summed E-state index contributed by atoms with van der Waals surface area (Å²) in [4.78, 5) is 21.7. The highest BCUT2D eigenvalue weighted by Gasteiger charge is 2.33. The molecule has 0 aromatic carbocycles. The van der Waals surface area contributed by atoms with Gasteiger partial charge in [0, 0.05) is 5.57 Å². The molecule has 0 saturated carbocycles. The molecule has 0 spiro atoms. The Morgan fingerprint density at radius 2 is 2.00 bits per heavy atom. The molecule has 98 valence electrons. The van der Waals surface area contributed by atoms with Crippen molar-refractivity contribution in [3.05, 3.63) is 5.57 Å². The molecule has 0 heterocycles. The number of carbonyl (C=O) groups is 1. The highest BCUT2D eigenvalue weighted by molar-refractivity contribution is 5.78. The lowest BCUT2D eigenvalue weighted by Crippen LogP contribution is -2.31. The summed E-state index contributed by atoms with van der Waals surface area (Å²) in [7, 11) is 1.15. The zero-order chi connectivity index (χ0) is 13.3. The van der Waals surface area contributed by atoms with E-state index in [1.165, 1.54) is 6.92 Å². The molecule has 0 radical (unpaired) electrons. The normalized spacial score (nSPS) is 13.6. The molecule has 17 heavy (non-hydrogen) atoms.